The van der Waals surface area contributed by atoms with Crippen LogP contribution in [0.1, 0.15) is 6.42 Å². The molecule has 0 unspecified atom stereocenters. The Hall–Kier alpha value is -2.03. The summed E-state index contributed by atoms with van der Waals surface area (Å²) in [4.78, 5) is 19.2. The molecule has 9 heteroatoms. The summed E-state index contributed by atoms with van der Waals surface area (Å²) in [5.41, 5.74) is 0.559. The highest BCUT2D eigenvalue weighted by Crippen LogP contribution is 2.22. The number of halogens is 3. The Morgan fingerprint density at radius 2 is 2.17 bits per heavy atom. The van der Waals surface area contributed by atoms with Gasteiger partial charge < -0.3 is 15.5 Å². The number of hydrogen-bond donors (Lipinski definition) is 2. The molecule has 1 saturated heterocycles. The molecule has 0 spiro atoms. The Kier molecular flexibility index (Phi) is 5.87. The van der Waals surface area contributed by atoms with Crippen LogP contribution in [0.2, 0.25) is 0 Å². The zero-order valence-electron chi connectivity index (χ0n) is 13.7. The van der Waals surface area contributed by atoms with Gasteiger partial charge in [-0.3, -0.25) is 4.90 Å². The fraction of sp³-hybridized carbons (Fsp3) is 0.600. The van der Waals surface area contributed by atoms with Gasteiger partial charge in [0.25, 0.3) is 0 Å². The van der Waals surface area contributed by atoms with Crippen molar-refractivity contribution < 1.29 is 18.0 Å². The molecule has 0 aromatic carbocycles. The fourth-order valence-corrected chi connectivity index (χ4v) is 2.61. The molecule has 1 fully saturated rings. The fourth-order valence-electron chi connectivity index (χ4n) is 2.61. The lowest BCUT2D eigenvalue weighted by atomic mass is 10.1. The van der Waals surface area contributed by atoms with Gasteiger partial charge in [0.1, 0.15) is 5.82 Å². The van der Waals surface area contributed by atoms with Crippen molar-refractivity contribution in [1.29, 1.82) is 0 Å². The van der Waals surface area contributed by atoms with E-state index in [1.54, 1.807) is 18.3 Å². The van der Waals surface area contributed by atoms with Crippen molar-refractivity contribution in [3.05, 3.63) is 18.3 Å². The summed E-state index contributed by atoms with van der Waals surface area (Å²) in [6.07, 6.45) is -1.98. The molecule has 2 N–H and O–H groups in total. The number of alkyl halides is 3. The van der Waals surface area contributed by atoms with Gasteiger partial charge in [-0.1, -0.05) is 0 Å². The summed E-state index contributed by atoms with van der Waals surface area (Å²) >= 11 is 0. The Labute approximate surface area is 139 Å². The van der Waals surface area contributed by atoms with Gasteiger partial charge in [0.2, 0.25) is 0 Å². The number of amides is 2. The third-order valence-electron chi connectivity index (χ3n) is 3.79. The number of urea groups is 1. The predicted octanol–water partition coefficient (Wildman–Crippen LogP) is 2.15. The van der Waals surface area contributed by atoms with Gasteiger partial charge >= 0.3 is 12.2 Å². The average Bonchev–Trinajstić information content (AvgIpc) is 2.91. The van der Waals surface area contributed by atoms with Crippen LogP contribution in [0.5, 0.6) is 0 Å². The molecule has 2 rings (SSSR count). The van der Waals surface area contributed by atoms with E-state index in [2.05, 4.69) is 15.6 Å². The number of carbonyl (C=O) groups excluding carboxylic acids is 1. The number of carbonyl (C=O) groups is 1. The van der Waals surface area contributed by atoms with Crippen LogP contribution in [-0.2, 0) is 0 Å². The van der Waals surface area contributed by atoms with Crippen LogP contribution in [0.25, 0.3) is 0 Å². The number of aromatic nitrogens is 1. The van der Waals surface area contributed by atoms with Gasteiger partial charge in [0, 0.05) is 27.2 Å². The van der Waals surface area contributed by atoms with E-state index in [1.807, 2.05) is 19.0 Å². The Bertz CT molecular complexity index is 547. The molecule has 1 aliphatic heterocycles. The first-order chi connectivity index (χ1) is 11.2. The van der Waals surface area contributed by atoms with Crippen molar-refractivity contribution in [2.45, 2.75) is 12.6 Å². The van der Waals surface area contributed by atoms with Crippen LogP contribution in [0, 0.1) is 5.92 Å². The van der Waals surface area contributed by atoms with Gasteiger partial charge in [0.05, 0.1) is 18.4 Å². The van der Waals surface area contributed by atoms with Crippen LogP contribution in [0.3, 0.4) is 0 Å². The minimum Gasteiger partial charge on any atom is -0.363 e. The van der Waals surface area contributed by atoms with E-state index in [0.717, 1.165) is 5.82 Å². The molecule has 134 valence electrons. The molecular formula is C15H22F3N5O. The summed E-state index contributed by atoms with van der Waals surface area (Å²) in [5, 5.41) is 5.35. The second kappa shape index (κ2) is 7.69. The minimum atomic E-state index is -4.18. The second-order valence-corrected chi connectivity index (χ2v) is 6.14. The Balaban J connectivity index is 1.72. The van der Waals surface area contributed by atoms with E-state index >= 15 is 0 Å². The number of likely N-dealkylation sites (tertiary alicyclic amines) is 1. The molecule has 24 heavy (non-hydrogen) atoms. The van der Waals surface area contributed by atoms with E-state index < -0.39 is 12.7 Å². The highest BCUT2D eigenvalue weighted by Gasteiger charge is 2.34. The van der Waals surface area contributed by atoms with Crippen molar-refractivity contribution in [2.75, 3.05) is 50.5 Å². The van der Waals surface area contributed by atoms with Gasteiger partial charge in [-0.2, -0.15) is 13.2 Å². The van der Waals surface area contributed by atoms with Gasteiger partial charge in [-0.05, 0) is 31.0 Å². The standard InChI is InChI=1S/C15H22F3N5O/c1-22(2)13-4-3-12(8-19-13)21-14(24)20-7-11-5-6-23(9-11)10-15(16,17)18/h3-4,8,11H,5-7,9-10H2,1-2H3,(H2,20,21,24)/t11-/m1/s1. The van der Waals surface area contributed by atoms with Crippen LogP contribution >= 0.6 is 0 Å². The highest BCUT2D eigenvalue weighted by atomic mass is 19.4. The first-order valence-corrected chi connectivity index (χ1v) is 7.70. The Morgan fingerprint density at radius 3 is 2.75 bits per heavy atom. The maximum atomic E-state index is 12.3. The predicted molar refractivity (Wildman–Crippen MR) is 86.2 cm³/mol. The molecule has 2 heterocycles. The van der Waals surface area contributed by atoms with Crippen molar-refractivity contribution in [3.63, 3.8) is 0 Å². The normalized spacial score (nSPS) is 18.5. The third-order valence-corrected chi connectivity index (χ3v) is 3.79. The maximum absolute atomic E-state index is 12.3. The minimum absolute atomic E-state index is 0.0346. The summed E-state index contributed by atoms with van der Waals surface area (Å²) < 4.78 is 37.0. The van der Waals surface area contributed by atoms with E-state index in [4.69, 9.17) is 0 Å². The van der Waals surface area contributed by atoms with Crippen LogP contribution in [0.4, 0.5) is 29.5 Å². The number of hydrogen-bond acceptors (Lipinski definition) is 4. The van der Waals surface area contributed by atoms with Crippen LogP contribution in [-0.4, -0.2) is 62.4 Å². The van der Waals surface area contributed by atoms with Gasteiger partial charge in [0.15, 0.2) is 0 Å². The highest BCUT2D eigenvalue weighted by molar-refractivity contribution is 5.89. The number of rotatable bonds is 5. The lowest BCUT2D eigenvalue weighted by Crippen LogP contribution is -2.36. The Morgan fingerprint density at radius 1 is 1.42 bits per heavy atom. The van der Waals surface area contributed by atoms with E-state index in [-0.39, 0.29) is 11.9 Å². The monoisotopic (exact) mass is 345 g/mol. The topological polar surface area (TPSA) is 60.5 Å². The number of nitrogens with one attached hydrogen (secondary N) is 2. The number of pyridine rings is 1. The molecule has 1 aromatic rings. The molecule has 2 amide bonds. The first kappa shape index (κ1) is 18.3. The molecule has 6 nitrogen and oxygen atoms in total. The molecule has 0 bridgehead atoms. The molecule has 1 atom stereocenters. The summed E-state index contributed by atoms with van der Waals surface area (Å²) in [5.74, 6) is 0.809. The van der Waals surface area contributed by atoms with Gasteiger partial charge in [-0.15, -0.1) is 0 Å². The third kappa shape index (κ3) is 5.88. The SMILES string of the molecule is CN(C)c1ccc(NC(=O)NC[C@H]2CCN(CC(F)(F)F)C2)cn1. The maximum Gasteiger partial charge on any atom is 0.401 e. The van der Waals surface area contributed by atoms with Crippen molar-refractivity contribution in [3.8, 4) is 0 Å². The quantitative estimate of drug-likeness (QED) is 0.859. The zero-order valence-corrected chi connectivity index (χ0v) is 13.7. The van der Waals surface area contributed by atoms with Crippen molar-refractivity contribution >= 4 is 17.5 Å². The lowest BCUT2D eigenvalue weighted by molar-refractivity contribution is -0.143. The van der Waals surface area contributed by atoms with Crippen LogP contribution < -0.4 is 15.5 Å². The van der Waals surface area contributed by atoms with Crippen molar-refractivity contribution in [1.82, 2.24) is 15.2 Å². The molecule has 1 aromatic heterocycles. The van der Waals surface area contributed by atoms with Gasteiger partial charge in [-0.25, -0.2) is 9.78 Å². The number of anilines is 2. The zero-order chi connectivity index (χ0) is 17.7. The summed E-state index contributed by atoms with van der Waals surface area (Å²) in [6.45, 7) is 0.214. The van der Waals surface area contributed by atoms with E-state index in [0.29, 0.717) is 31.7 Å². The second-order valence-electron chi connectivity index (χ2n) is 6.14. The molecule has 0 radical (unpaired) electrons. The average molecular weight is 345 g/mol. The van der Waals surface area contributed by atoms with Crippen molar-refractivity contribution in [2.24, 2.45) is 5.92 Å². The molecule has 0 aliphatic carbocycles. The van der Waals surface area contributed by atoms with E-state index in [9.17, 15) is 18.0 Å². The number of nitrogens with zero attached hydrogens (tertiary/aromatic N) is 3. The molecule has 1 aliphatic rings. The smallest absolute Gasteiger partial charge is 0.363 e. The molecular weight excluding hydrogens is 323 g/mol. The largest absolute Gasteiger partial charge is 0.401 e. The first-order valence-electron chi connectivity index (χ1n) is 7.70. The van der Waals surface area contributed by atoms with Crippen LogP contribution in [0.15, 0.2) is 18.3 Å². The summed E-state index contributed by atoms with van der Waals surface area (Å²) in [6, 6.07) is 3.13. The van der Waals surface area contributed by atoms with E-state index in [1.165, 1.54) is 4.90 Å². The summed E-state index contributed by atoms with van der Waals surface area (Å²) in [7, 11) is 3.73. The molecule has 0 saturated carbocycles. The lowest BCUT2D eigenvalue weighted by Gasteiger charge is -2.18.